The second-order valence-corrected chi connectivity index (χ2v) is 3.75. The lowest BCUT2D eigenvalue weighted by Gasteiger charge is -2.19. The highest BCUT2D eigenvalue weighted by molar-refractivity contribution is 5.79. The minimum absolute atomic E-state index is 0.223. The molecule has 4 N–H and O–H groups in total. The maximum Gasteiger partial charge on any atom is 0.249 e. The largest absolute Gasteiger partial charge is 0.493 e. The van der Waals surface area contributed by atoms with Crippen LogP contribution in [0, 0.1) is 0 Å². The molecule has 0 aliphatic heterocycles. The SMILES string of the molecule is COc1cc(C(O)C(O)C(N)=O)cc(OC)c1OC. The number of hydrogen-bond acceptors (Lipinski definition) is 6. The summed E-state index contributed by atoms with van der Waals surface area (Å²) < 4.78 is 15.3. The molecule has 19 heavy (non-hydrogen) atoms. The molecular formula is C12H17NO6. The number of ether oxygens (including phenoxy) is 3. The number of aliphatic hydroxyl groups excluding tert-OH is 2. The van der Waals surface area contributed by atoms with Crippen LogP contribution in [0.15, 0.2) is 12.1 Å². The Kier molecular flexibility index (Phi) is 4.96. The first kappa shape index (κ1) is 15.1. The van der Waals surface area contributed by atoms with Gasteiger partial charge < -0.3 is 30.2 Å². The maximum atomic E-state index is 10.9. The van der Waals surface area contributed by atoms with Gasteiger partial charge in [-0.05, 0) is 17.7 Å². The van der Waals surface area contributed by atoms with Gasteiger partial charge in [-0.3, -0.25) is 4.79 Å². The number of nitrogens with two attached hydrogens (primary N) is 1. The standard InChI is InChI=1S/C12H17NO6/c1-17-7-4-6(9(14)10(15)12(13)16)5-8(18-2)11(7)19-3/h4-5,9-10,14-15H,1-3H3,(H2,13,16). The number of primary amides is 1. The lowest BCUT2D eigenvalue weighted by molar-refractivity contribution is -0.131. The minimum atomic E-state index is -1.72. The highest BCUT2D eigenvalue weighted by Gasteiger charge is 2.26. The van der Waals surface area contributed by atoms with Crippen molar-refractivity contribution in [2.24, 2.45) is 5.73 Å². The third kappa shape index (κ3) is 3.07. The van der Waals surface area contributed by atoms with Crippen molar-refractivity contribution >= 4 is 5.91 Å². The van der Waals surface area contributed by atoms with E-state index in [4.69, 9.17) is 19.9 Å². The molecule has 0 radical (unpaired) electrons. The number of aliphatic hydroxyl groups is 2. The zero-order chi connectivity index (χ0) is 14.6. The summed E-state index contributed by atoms with van der Waals surface area (Å²) in [6.07, 6.45) is -3.20. The number of methoxy groups -OCH3 is 3. The van der Waals surface area contributed by atoms with E-state index in [1.807, 2.05) is 0 Å². The molecule has 7 nitrogen and oxygen atoms in total. The first-order chi connectivity index (χ1) is 8.96. The monoisotopic (exact) mass is 271 g/mol. The molecule has 0 aliphatic rings. The van der Waals surface area contributed by atoms with Crippen molar-refractivity contribution in [2.75, 3.05) is 21.3 Å². The number of hydrogen-bond donors (Lipinski definition) is 3. The Labute approximate surface area is 110 Å². The van der Waals surface area contributed by atoms with Crippen molar-refractivity contribution in [3.63, 3.8) is 0 Å². The Morgan fingerprint density at radius 1 is 1.11 bits per heavy atom. The van der Waals surface area contributed by atoms with Crippen molar-refractivity contribution in [3.05, 3.63) is 17.7 Å². The second-order valence-electron chi connectivity index (χ2n) is 3.75. The van der Waals surface area contributed by atoms with Gasteiger partial charge in [0.2, 0.25) is 11.7 Å². The van der Waals surface area contributed by atoms with E-state index in [9.17, 15) is 15.0 Å². The third-order valence-corrected chi connectivity index (χ3v) is 2.62. The smallest absolute Gasteiger partial charge is 0.249 e. The molecule has 2 atom stereocenters. The summed E-state index contributed by atoms with van der Waals surface area (Å²) in [6.45, 7) is 0. The van der Waals surface area contributed by atoms with Crippen LogP contribution in [0.4, 0.5) is 0 Å². The van der Waals surface area contributed by atoms with E-state index in [2.05, 4.69) is 0 Å². The number of carbonyl (C=O) groups is 1. The van der Waals surface area contributed by atoms with Crippen molar-refractivity contribution < 1.29 is 29.2 Å². The van der Waals surface area contributed by atoms with Gasteiger partial charge in [0.15, 0.2) is 17.6 Å². The average Bonchev–Trinajstić information content (AvgIpc) is 2.43. The first-order valence-corrected chi connectivity index (χ1v) is 5.41. The molecule has 2 unspecified atom stereocenters. The molecule has 0 heterocycles. The third-order valence-electron chi connectivity index (χ3n) is 2.62. The fourth-order valence-corrected chi connectivity index (χ4v) is 1.61. The Morgan fingerprint density at radius 2 is 1.58 bits per heavy atom. The van der Waals surface area contributed by atoms with Crippen LogP contribution in [-0.2, 0) is 4.79 Å². The van der Waals surface area contributed by atoms with Crippen LogP contribution >= 0.6 is 0 Å². The van der Waals surface area contributed by atoms with E-state index in [0.29, 0.717) is 17.2 Å². The molecule has 0 bridgehead atoms. The van der Waals surface area contributed by atoms with Gasteiger partial charge in [-0.1, -0.05) is 0 Å². The Bertz CT molecular complexity index is 437. The Balaban J connectivity index is 3.26. The van der Waals surface area contributed by atoms with E-state index in [1.165, 1.54) is 33.5 Å². The van der Waals surface area contributed by atoms with Crippen LogP contribution in [0.1, 0.15) is 11.7 Å². The van der Waals surface area contributed by atoms with Crippen LogP contribution in [0.5, 0.6) is 17.2 Å². The summed E-state index contributed by atoms with van der Waals surface area (Å²) in [6, 6.07) is 2.86. The minimum Gasteiger partial charge on any atom is -0.493 e. The second kappa shape index (κ2) is 6.26. The highest BCUT2D eigenvalue weighted by atomic mass is 16.5. The van der Waals surface area contributed by atoms with Crippen LogP contribution in [0.2, 0.25) is 0 Å². The molecule has 1 aromatic carbocycles. The lowest BCUT2D eigenvalue weighted by atomic mass is 10.0. The van der Waals surface area contributed by atoms with E-state index in [0.717, 1.165) is 0 Å². The molecule has 0 aliphatic carbocycles. The van der Waals surface area contributed by atoms with Gasteiger partial charge >= 0.3 is 0 Å². The van der Waals surface area contributed by atoms with Gasteiger partial charge in [-0.2, -0.15) is 0 Å². The average molecular weight is 271 g/mol. The van der Waals surface area contributed by atoms with Crippen molar-refractivity contribution in [2.45, 2.75) is 12.2 Å². The van der Waals surface area contributed by atoms with Gasteiger partial charge in [0.1, 0.15) is 6.10 Å². The van der Waals surface area contributed by atoms with E-state index >= 15 is 0 Å². The number of carbonyl (C=O) groups excluding carboxylic acids is 1. The molecule has 0 saturated heterocycles. The van der Waals surface area contributed by atoms with E-state index in [1.54, 1.807) is 0 Å². The summed E-state index contributed by atoms with van der Waals surface area (Å²) >= 11 is 0. The van der Waals surface area contributed by atoms with E-state index < -0.39 is 18.1 Å². The van der Waals surface area contributed by atoms with Gasteiger partial charge in [-0.15, -0.1) is 0 Å². The van der Waals surface area contributed by atoms with Gasteiger partial charge in [-0.25, -0.2) is 0 Å². The molecule has 0 spiro atoms. The van der Waals surface area contributed by atoms with Gasteiger partial charge in [0.05, 0.1) is 21.3 Å². The molecular weight excluding hydrogens is 254 g/mol. The first-order valence-electron chi connectivity index (χ1n) is 5.41. The number of rotatable bonds is 6. The summed E-state index contributed by atoms with van der Waals surface area (Å²) in [7, 11) is 4.27. The van der Waals surface area contributed by atoms with Crippen molar-refractivity contribution in [3.8, 4) is 17.2 Å². The number of amides is 1. The molecule has 1 rings (SSSR count). The fourth-order valence-electron chi connectivity index (χ4n) is 1.61. The summed E-state index contributed by atoms with van der Waals surface area (Å²) in [5.74, 6) is -0.0871. The van der Waals surface area contributed by atoms with Crippen LogP contribution < -0.4 is 19.9 Å². The predicted molar refractivity (Wildman–Crippen MR) is 66.3 cm³/mol. The maximum absolute atomic E-state index is 10.9. The molecule has 1 amide bonds. The summed E-state index contributed by atoms with van der Waals surface area (Å²) in [5, 5.41) is 19.3. The zero-order valence-corrected chi connectivity index (χ0v) is 10.9. The topological polar surface area (TPSA) is 111 Å². The fraction of sp³-hybridized carbons (Fsp3) is 0.417. The predicted octanol–water partition coefficient (Wildman–Crippen LogP) is -0.408. The van der Waals surface area contributed by atoms with Gasteiger partial charge in [0.25, 0.3) is 0 Å². The van der Waals surface area contributed by atoms with Crippen LogP contribution in [0.3, 0.4) is 0 Å². The molecule has 0 fully saturated rings. The van der Waals surface area contributed by atoms with Crippen LogP contribution in [-0.4, -0.2) is 43.6 Å². The highest BCUT2D eigenvalue weighted by Crippen LogP contribution is 2.40. The molecule has 0 saturated carbocycles. The number of benzene rings is 1. The molecule has 7 heteroatoms. The molecule has 0 aromatic heterocycles. The van der Waals surface area contributed by atoms with Gasteiger partial charge in [0, 0.05) is 0 Å². The lowest BCUT2D eigenvalue weighted by Crippen LogP contribution is -2.33. The van der Waals surface area contributed by atoms with Crippen molar-refractivity contribution in [1.82, 2.24) is 0 Å². The summed E-state index contributed by atoms with van der Waals surface area (Å²) in [5.41, 5.74) is 5.16. The van der Waals surface area contributed by atoms with E-state index in [-0.39, 0.29) is 5.56 Å². The van der Waals surface area contributed by atoms with Crippen molar-refractivity contribution in [1.29, 1.82) is 0 Å². The zero-order valence-electron chi connectivity index (χ0n) is 10.9. The Hall–Kier alpha value is -1.99. The molecule has 106 valence electrons. The summed E-state index contributed by atoms with van der Waals surface area (Å²) in [4.78, 5) is 10.9. The Morgan fingerprint density at radius 3 is 1.89 bits per heavy atom. The molecule has 1 aromatic rings. The normalized spacial score (nSPS) is 13.5. The quantitative estimate of drug-likeness (QED) is 0.648. The van der Waals surface area contributed by atoms with Crippen LogP contribution in [0.25, 0.3) is 0 Å².